The number of aliphatic hydroxyl groups is 1. The standard InChI is InChI=1S/C18H29N5O6SSi/c1-30(27,28)11-7-12(13(24)8-11)21-16-14-15(18(25)26)22-23(17(14)20-9-19-16)10-29-5-6-31(2,3)4/h9,11-13,24H,5-8,10H2,1-4H3,(H,25,26)(H,19,20,21)/t11-,12?,13-/m1/s1. The topological polar surface area (TPSA) is 157 Å². The quantitative estimate of drug-likeness (QED) is 0.358. The Morgan fingerprint density at radius 1 is 1.32 bits per heavy atom. The van der Waals surface area contributed by atoms with Crippen LogP contribution in [-0.2, 0) is 21.3 Å². The van der Waals surface area contributed by atoms with Gasteiger partial charge in [-0.25, -0.2) is 27.9 Å². The minimum atomic E-state index is -3.30. The highest BCUT2D eigenvalue weighted by Crippen LogP contribution is 2.30. The second-order valence-electron chi connectivity index (χ2n) is 9.16. The molecule has 0 bridgehead atoms. The molecule has 2 heterocycles. The largest absolute Gasteiger partial charge is 0.476 e. The van der Waals surface area contributed by atoms with Crippen molar-refractivity contribution in [3.63, 3.8) is 0 Å². The monoisotopic (exact) mass is 471 g/mol. The number of aromatic nitrogens is 4. The van der Waals surface area contributed by atoms with E-state index in [1.807, 2.05) is 0 Å². The zero-order valence-electron chi connectivity index (χ0n) is 18.1. The van der Waals surface area contributed by atoms with Crippen LogP contribution in [0.1, 0.15) is 23.3 Å². The minimum absolute atomic E-state index is 0.0485. The number of anilines is 1. The number of hydrogen-bond donors (Lipinski definition) is 3. The van der Waals surface area contributed by atoms with Crippen LogP contribution in [0, 0.1) is 0 Å². The third-order valence-corrected chi connectivity index (χ3v) is 8.66. The summed E-state index contributed by atoms with van der Waals surface area (Å²) in [4.78, 5) is 20.1. The molecule has 0 amide bonds. The van der Waals surface area contributed by atoms with Crippen LogP contribution in [0.15, 0.2) is 6.33 Å². The molecule has 0 aromatic carbocycles. The van der Waals surface area contributed by atoms with Gasteiger partial charge >= 0.3 is 5.97 Å². The Bertz CT molecular complexity index is 1070. The lowest BCUT2D eigenvalue weighted by atomic mass is 10.2. The van der Waals surface area contributed by atoms with Gasteiger partial charge in [0.1, 0.15) is 28.7 Å². The summed E-state index contributed by atoms with van der Waals surface area (Å²) in [6, 6.07) is 0.372. The van der Waals surface area contributed by atoms with Gasteiger partial charge in [-0.15, -0.1) is 0 Å². The zero-order chi connectivity index (χ0) is 23.0. The van der Waals surface area contributed by atoms with Gasteiger partial charge in [0.15, 0.2) is 11.3 Å². The van der Waals surface area contributed by atoms with Crippen molar-refractivity contribution in [1.29, 1.82) is 0 Å². The van der Waals surface area contributed by atoms with E-state index >= 15 is 0 Å². The molecule has 0 radical (unpaired) electrons. The number of rotatable bonds is 9. The summed E-state index contributed by atoms with van der Waals surface area (Å²) < 4.78 is 30.8. The summed E-state index contributed by atoms with van der Waals surface area (Å²) in [7, 11) is -4.57. The van der Waals surface area contributed by atoms with Crippen LogP contribution in [-0.4, -0.2) is 82.7 Å². The van der Waals surface area contributed by atoms with Crippen LogP contribution in [0.5, 0.6) is 0 Å². The van der Waals surface area contributed by atoms with Crippen molar-refractivity contribution in [2.24, 2.45) is 0 Å². The number of sulfone groups is 1. The van der Waals surface area contributed by atoms with Gasteiger partial charge in [0, 0.05) is 20.9 Å². The van der Waals surface area contributed by atoms with Gasteiger partial charge in [0.25, 0.3) is 0 Å². The fourth-order valence-electron chi connectivity index (χ4n) is 3.54. The molecular formula is C18H29N5O6SSi. The predicted octanol–water partition coefficient (Wildman–Crippen LogP) is 1.19. The van der Waals surface area contributed by atoms with Crippen molar-refractivity contribution in [1.82, 2.24) is 19.7 Å². The van der Waals surface area contributed by atoms with Gasteiger partial charge < -0.3 is 20.3 Å². The number of ether oxygens (including phenoxy) is 1. The molecule has 3 atom stereocenters. The van der Waals surface area contributed by atoms with Crippen molar-refractivity contribution >= 4 is 40.7 Å². The highest BCUT2D eigenvalue weighted by Gasteiger charge is 2.39. The molecule has 2 aromatic heterocycles. The van der Waals surface area contributed by atoms with Crippen LogP contribution < -0.4 is 5.32 Å². The number of carboxylic acids is 1. The lowest BCUT2D eigenvalue weighted by Gasteiger charge is -2.17. The first-order chi connectivity index (χ1) is 14.4. The molecule has 13 heteroatoms. The second kappa shape index (κ2) is 8.80. The predicted molar refractivity (Wildman–Crippen MR) is 118 cm³/mol. The third-order valence-electron chi connectivity index (χ3n) is 5.36. The first kappa shape index (κ1) is 23.6. The van der Waals surface area contributed by atoms with Gasteiger partial charge in [-0.3, -0.25) is 0 Å². The van der Waals surface area contributed by atoms with Crippen LogP contribution in [0.2, 0.25) is 25.7 Å². The smallest absolute Gasteiger partial charge is 0.357 e. The van der Waals surface area contributed by atoms with E-state index in [0.717, 1.165) is 12.3 Å². The van der Waals surface area contributed by atoms with Gasteiger partial charge in [-0.2, -0.15) is 5.10 Å². The van der Waals surface area contributed by atoms with Crippen molar-refractivity contribution < 1.29 is 28.2 Å². The SMILES string of the molecule is C[Si](C)(C)CCOCn1nc(C(=O)O)c2c(NC3C[C@@H](S(C)(=O)=O)C[C@H]3O)ncnc21. The Hall–Kier alpha value is -2.09. The summed E-state index contributed by atoms with van der Waals surface area (Å²) in [6.45, 7) is 7.29. The number of aromatic carboxylic acids is 1. The molecule has 1 saturated carbocycles. The van der Waals surface area contributed by atoms with Crippen molar-refractivity contribution in [3.8, 4) is 0 Å². The third kappa shape index (κ3) is 5.59. The molecule has 172 valence electrons. The normalized spacial score (nSPS) is 22.2. The summed E-state index contributed by atoms with van der Waals surface area (Å²) in [5, 5.41) is 26.6. The molecule has 0 spiro atoms. The van der Waals surface area contributed by atoms with E-state index < -0.39 is 41.3 Å². The Labute approximate surface area is 181 Å². The van der Waals surface area contributed by atoms with Gasteiger partial charge in [0.05, 0.1) is 22.8 Å². The van der Waals surface area contributed by atoms with Gasteiger partial charge in [-0.1, -0.05) is 19.6 Å². The molecule has 2 aromatic rings. The summed E-state index contributed by atoms with van der Waals surface area (Å²) in [5.74, 6) is -1.06. The lowest BCUT2D eigenvalue weighted by molar-refractivity contribution is 0.0675. The van der Waals surface area contributed by atoms with Crippen molar-refractivity contribution in [2.75, 3.05) is 18.2 Å². The first-order valence-electron chi connectivity index (χ1n) is 10.0. The molecule has 11 nitrogen and oxygen atoms in total. The molecule has 1 aliphatic carbocycles. The average Bonchev–Trinajstić information content (AvgIpc) is 3.20. The first-order valence-corrected chi connectivity index (χ1v) is 15.7. The van der Waals surface area contributed by atoms with E-state index in [0.29, 0.717) is 6.61 Å². The fourth-order valence-corrected chi connectivity index (χ4v) is 5.40. The van der Waals surface area contributed by atoms with E-state index in [9.17, 15) is 23.4 Å². The fraction of sp³-hybridized carbons (Fsp3) is 0.667. The molecular weight excluding hydrogens is 442 g/mol. The van der Waals surface area contributed by atoms with E-state index in [4.69, 9.17) is 4.74 Å². The maximum atomic E-state index is 11.9. The van der Waals surface area contributed by atoms with Gasteiger partial charge in [-0.05, 0) is 18.9 Å². The molecule has 1 fully saturated rings. The number of hydrogen-bond acceptors (Lipinski definition) is 9. The van der Waals surface area contributed by atoms with Crippen LogP contribution in [0.25, 0.3) is 11.0 Å². The molecule has 1 aliphatic rings. The maximum Gasteiger partial charge on any atom is 0.357 e. The van der Waals surface area contributed by atoms with E-state index in [1.54, 1.807) is 0 Å². The average molecular weight is 472 g/mol. The van der Waals surface area contributed by atoms with Crippen molar-refractivity contribution in [2.45, 2.75) is 62.7 Å². The molecule has 3 rings (SSSR count). The summed E-state index contributed by atoms with van der Waals surface area (Å²) in [5.41, 5.74) is 0.0501. The summed E-state index contributed by atoms with van der Waals surface area (Å²) in [6.07, 6.45) is 1.82. The Morgan fingerprint density at radius 3 is 2.61 bits per heavy atom. The highest BCUT2D eigenvalue weighted by molar-refractivity contribution is 7.91. The Morgan fingerprint density at radius 2 is 2.03 bits per heavy atom. The number of carbonyl (C=O) groups is 1. The zero-order valence-corrected chi connectivity index (χ0v) is 19.9. The van der Waals surface area contributed by atoms with Crippen molar-refractivity contribution in [3.05, 3.63) is 12.0 Å². The van der Waals surface area contributed by atoms with E-state index in [1.165, 1.54) is 11.0 Å². The minimum Gasteiger partial charge on any atom is -0.476 e. The lowest BCUT2D eigenvalue weighted by Crippen LogP contribution is -2.28. The maximum absolute atomic E-state index is 11.9. The molecule has 3 N–H and O–H groups in total. The number of nitrogens with one attached hydrogen (secondary N) is 1. The van der Waals surface area contributed by atoms with E-state index in [2.05, 4.69) is 40.0 Å². The van der Waals surface area contributed by atoms with E-state index in [-0.39, 0.29) is 42.1 Å². The number of fused-ring (bicyclic) bond motifs is 1. The second-order valence-corrected chi connectivity index (χ2v) is 17.1. The Kier molecular flexibility index (Phi) is 6.69. The molecule has 0 saturated heterocycles. The van der Waals surface area contributed by atoms with Crippen LogP contribution in [0.3, 0.4) is 0 Å². The molecule has 0 aliphatic heterocycles. The molecule has 1 unspecified atom stereocenters. The van der Waals surface area contributed by atoms with Crippen LogP contribution >= 0.6 is 0 Å². The highest BCUT2D eigenvalue weighted by atomic mass is 32.2. The number of aliphatic hydroxyl groups excluding tert-OH is 1. The molecule has 31 heavy (non-hydrogen) atoms. The summed E-state index contributed by atoms with van der Waals surface area (Å²) >= 11 is 0. The Balaban J connectivity index is 1.86. The van der Waals surface area contributed by atoms with Crippen LogP contribution in [0.4, 0.5) is 5.82 Å². The number of carboxylic acid groups (broad SMARTS) is 1. The number of nitrogens with zero attached hydrogens (tertiary/aromatic N) is 4. The van der Waals surface area contributed by atoms with Gasteiger partial charge in [0.2, 0.25) is 0 Å².